The molecule has 3 aliphatic heterocycles. The molecular formula is C91H82F2N9P11S24. The van der Waals surface area contributed by atoms with Crippen molar-refractivity contribution in [3.05, 3.63) is 348 Å². The van der Waals surface area contributed by atoms with Gasteiger partial charge in [0.25, 0.3) is 0 Å². The highest BCUT2D eigenvalue weighted by Gasteiger charge is 2.42. The maximum Gasteiger partial charge on any atom is 0.176 e. The number of anilines is 8. The van der Waals surface area contributed by atoms with Gasteiger partial charge in [0.2, 0.25) is 0 Å². The predicted molar refractivity (Wildman–Crippen MR) is 681 cm³/mol. The number of hydrogen-bond acceptors (Lipinski definition) is 15. The van der Waals surface area contributed by atoms with Crippen LogP contribution in [0, 0.1) is 11.6 Å². The van der Waals surface area contributed by atoms with Gasteiger partial charge in [-0.3, -0.25) is 0 Å². The van der Waals surface area contributed by atoms with Gasteiger partial charge in [-0.1, -0.05) is 292 Å². The summed E-state index contributed by atoms with van der Waals surface area (Å²) in [7, 11) is 49.7. The molecule has 0 bridgehead atoms. The second kappa shape index (κ2) is 54.4. The second-order valence-corrected chi connectivity index (χ2v) is 103. The number of benzene rings is 12. The molecule has 46 heteroatoms. The fourth-order valence-electron chi connectivity index (χ4n) is 15.6. The summed E-state index contributed by atoms with van der Waals surface area (Å²) in [5, 5.41) is 5.24. The summed E-state index contributed by atoms with van der Waals surface area (Å²) in [5.41, 5.74) is 20.6. The first-order chi connectivity index (χ1) is 66.6. The monoisotopic (exact) mass is 2450 g/mol. The standard InChI is InChI=1S/C53H41N5S.C23H13F2N3S.C15H15N.H13P11.S20.S2/c1-52(2)37-23-11-15-27-41(37)57(42-28-16-12-24-38(42)52)45-32-31-36-33-46(51-55-49(34-19-7-5-8-20-34)54-50(56-51)35-21-9-6-10-22-35)59-48(36)47(45)58-43-29-17-13-25-39(43)53(3,4)40-26-14-18-30-44(40)58;24-17-12-11-16-13-18(29-20(16)19(17)25)23-27-21(14-7-3-1-4-8-14)26-22(28-23)15-9-5-2-6-10-15;1-15(2)11-7-3-5-9-13(11)16-14-10-6-4-8-12(14)15;1-7-10(6)11(8(2)3)9(4)5;1-3-5-7-9-11-13-15-17-19-20-18-16-14-12-10-8-6-4-2;1-2/h5-33H,1-4H3;1-13H;3-10,16H,1-2H3;7H,1-6H2;;. The van der Waals surface area contributed by atoms with Gasteiger partial charge in [-0.25, -0.2) is 38.7 Å². The number of hydrogen-bond donors (Lipinski definition) is 1. The Labute approximate surface area is 897 Å². The number of fused-ring (bicyclic) bond motifs is 8. The average Bonchev–Trinajstić information content (AvgIpc) is 1.63. The van der Waals surface area contributed by atoms with Crippen LogP contribution in [0.1, 0.15) is 74.9 Å². The van der Waals surface area contributed by atoms with E-state index in [9.17, 15) is 8.78 Å². The summed E-state index contributed by atoms with van der Waals surface area (Å²) in [6.07, 6.45) is 0. The molecule has 0 saturated heterocycles. The molecule has 0 spiro atoms. The minimum Gasteiger partial charge on any atom is -0.355 e. The molecule has 1 N–H and O–H groups in total. The van der Waals surface area contributed by atoms with Crippen molar-refractivity contribution in [1.29, 1.82) is 0 Å². The summed E-state index contributed by atoms with van der Waals surface area (Å²) in [6, 6.07) is 104. The molecule has 7 heterocycles. The highest BCUT2D eigenvalue weighted by Crippen LogP contribution is 3.12. The van der Waals surface area contributed by atoms with Crippen molar-refractivity contribution < 1.29 is 8.78 Å². The molecule has 704 valence electrons. The maximum absolute atomic E-state index is 14.2. The Hall–Kier alpha value is -2.59. The first-order valence-electron chi connectivity index (χ1n) is 40.5. The van der Waals surface area contributed by atoms with E-state index in [2.05, 4.69) is 336 Å². The van der Waals surface area contributed by atoms with E-state index < -0.39 is 11.6 Å². The first kappa shape index (κ1) is 110. The number of halogens is 2. The number of thiophene rings is 2. The van der Waals surface area contributed by atoms with Gasteiger partial charge in [-0.05, 0) is 133 Å². The van der Waals surface area contributed by atoms with Gasteiger partial charge in [0, 0.05) is 254 Å². The van der Waals surface area contributed by atoms with E-state index in [0.717, 1.165) is 74.0 Å². The fourth-order valence-corrected chi connectivity index (χ4v) is 157. The number of para-hydroxylation sites is 6. The lowest BCUT2D eigenvalue weighted by Gasteiger charge is -2.45. The number of nitrogens with zero attached hydrogens (tertiary/aromatic N) is 8. The largest absolute Gasteiger partial charge is 0.355 e. The molecule has 0 radical (unpaired) electrons. The lowest BCUT2D eigenvalue weighted by Crippen LogP contribution is -2.33. The summed E-state index contributed by atoms with van der Waals surface area (Å²) in [4.78, 5) is 35.9. The van der Waals surface area contributed by atoms with Crippen LogP contribution < -0.4 is 15.1 Å². The molecule has 16 aromatic rings. The fraction of sp³-hybridized carbons (Fsp3) is 0.0989. The highest BCUT2D eigenvalue weighted by molar-refractivity contribution is 9.18. The molecular weight excluding hydrogens is 2370 g/mol. The summed E-state index contributed by atoms with van der Waals surface area (Å²) in [6.45, 7) is 14.7. The van der Waals surface area contributed by atoms with Crippen molar-refractivity contribution in [2.45, 2.75) is 57.8 Å². The van der Waals surface area contributed by atoms with Crippen molar-refractivity contribution >= 4 is 382 Å². The van der Waals surface area contributed by atoms with E-state index in [1.807, 2.05) is 97.1 Å². The van der Waals surface area contributed by atoms with Gasteiger partial charge in [-0.2, -0.15) is 0 Å². The van der Waals surface area contributed by atoms with Crippen molar-refractivity contribution in [2.24, 2.45) is 0 Å². The van der Waals surface area contributed by atoms with E-state index in [-0.39, 0.29) is 48.9 Å². The number of aromatic nitrogens is 6. The van der Waals surface area contributed by atoms with Crippen LogP contribution in [0.5, 0.6) is 0 Å². The number of rotatable bonds is 12. The molecule has 0 fully saturated rings. The summed E-state index contributed by atoms with van der Waals surface area (Å²) < 4.78 is 29.2. The van der Waals surface area contributed by atoms with Gasteiger partial charge in [0.05, 0.1) is 53.3 Å². The van der Waals surface area contributed by atoms with Crippen LogP contribution in [0.25, 0.3) is 87.1 Å². The molecule has 3 aliphatic rings. The van der Waals surface area contributed by atoms with Crippen LogP contribution in [0.3, 0.4) is 0 Å². The van der Waals surface area contributed by atoms with Gasteiger partial charge in [0.15, 0.2) is 46.6 Å². The molecule has 0 aliphatic carbocycles. The van der Waals surface area contributed by atoms with Crippen molar-refractivity contribution in [1.82, 2.24) is 29.9 Å². The highest BCUT2D eigenvalue weighted by atomic mass is 33.5. The predicted octanol–water partition coefficient (Wildman–Crippen LogP) is 30.7. The van der Waals surface area contributed by atoms with E-state index in [1.165, 1.54) is 85.3 Å². The van der Waals surface area contributed by atoms with E-state index in [4.69, 9.17) is 37.3 Å². The zero-order valence-electron chi connectivity index (χ0n) is 72.8. The Morgan fingerprint density at radius 2 is 0.606 bits per heavy atom. The van der Waals surface area contributed by atoms with Gasteiger partial charge < -0.3 is 15.1 Å². The quantitative estimate of drug-likeness (QED) is 0.118. The molecule has 12 aromatic carbocycles. The summed E-state index contributed by atoms with van der Waals surface area (Å²) in [5.74, 6) is 1.73. The topological polar surface area (TPSA) is 95.9 Å². The van der Waals surface area contributed by atoms with E-state index >= 15 is 0 Å². The molecule has 0 saturated carbocycles. The Morgan fingerprint density at radius 3 is 0.934 bits per heavy atom. The third kappa shape index (κ3) is 27.7. The van der Waals surface area contributed by atoms with Crippen molar-refractivity contribution in [3.8, 4) is 67.0 Å². The van der Waals surface area contributed by atoms with Gasteiger partial charge in [-0.15, -0.1) is 76.2 Å². The lowest BCUT2D eigenvalue weighted by atomic mass is 9.73. The summed E-state index contributed by atoms with van der Waals surface area (Å²) >= 11 is 19.7. The minimum atomic E-state index is -0.864. The SMILES string of the molecule is CC1(C)c2ccccc2N(c2ccc3cc(-c4nc(-c5ccccc5)nc(-c5ccccc5)n4)sc3c2N2c3ccccc3C(C)(C)c3ccccc32)c2ccccc21.CC1(C)c2ccccc2Nc2ccccc21.Fc1ccc2cc(-c3nc(-c4ccccc4)nc(-c4ccccc4)n3)sc2c1F.PPP(P)P(P(P)P)P(P)P.S=S.S=S=S=S=S=S=S=S=S=S=S=S=S=S=S=S=S=S=S=S. The second-order valence-electron chi connectivity index (χ2n) is 30.5. The maximum atomic E-state index is 14.2. The average molecular weight is 2450 g/mol. The molecule has 0 amide bonds. The number of nitrogens with one attached hydrogen (secondary N) is 1. The zero-order valence-corrected chi connectivity index (χ0v) is 104. The van der Waals surface area contributed by atoms with Crippen LogP contribution in [-0.2, 0) is 221 Å². The van der Waals surface area contributed by atoms with Crippen molar-refractivity contribution in [3.63, 3.8) is 0 Å². The molecule has 9 nitrogen and oxygen atoms in total. The lowest BCUT2D eigenvalue weighted by molar-refractivity contribution is 0.518. The Morgan fingerprint density at radius 1 is 0.328 bits per heavy atom. The Balaban J connectivity index is 0.000000159. The molecule has 8 unspecified atom stereocenters. The van der Waals surface area contributed by atoms with Crippen LogP contribution in [-0.4, -0.2) is 29.9 Å². The van der Waals surface area contributed by atoms with Crippen LogP contribution in [0.15, 0.2) is 303 Å². The third-order valence-electron chi connectivity index (χ3n) is 21.5. The minimum absolute atomic E-state index is 0.0818. The Bertz CT molecular complexity index is 7690. The first-order valence-corrected chi connectivity index (χ1v) is 88.1. The smallest absolute Gasteiger partial charge is 0.176 e. The van der Waals surface area contributed by atoms with Crippen LogP contribution in [0.2, 0.25) is 0 Å². The third-order valence-corrected chi connectivity index (χ3v) is 121. The van der Waals surface area contributed by atoms with Crippen molar-refractivity contribution in [2.75, 3.05) is 15.1 Å². The zero-order chi connectivity index (χ0) is 96.6. The van der Waals surface area contributed by atoms with Crippen LogP contribution in [0.4, 0.5) is 54.3 Å². The molecule has 8 atom stereocenters. The molecule has 137 heavy (non-hydrogen) atoms. The Kier molecular flexibility index (Phi) is 43.7. The van der Waals surface area contributed by atoms with E-state index in [1.54, 1.807) is 166 Å². The van der Waals surface area contributed by atoms with Gasteiger partial charge in [0.1, 0.15) is 0 Å². The normalized spacial score (nSPS) is 12.9. The van der Waals surface area contributed by atoms with Crippen LogP contribution >= 0.6 is 112 Å². The van der Waals surface area contributed by atoms with Gasteiger partial charge >= 0.3 is 0 Å². The van der Waals surface area contributed by atoms with E-state index in [0.29, 0.717) is 45.2 Å². The molecule has 19 rings (SSSR count). The molecule has 4 aromatic heterocycles.